The Kier molecular flexibility index (Phi) is 5.34. The molecular weight excluding hydrogens is 310 g/mol. The van der Waals surface area contributed by atoms with Crippen LogP contribution in [0.3, 0.4) is 0 Å². The highest BCUT2D eigenvalue weighted by molar-refractivity contribution is 5.90. The number of ether oxygens (including phenoxy) is 1. The van der Waals surface area contributed by atoms with E-state index in [9.17, 15) is 4.79 Å². The summed E-state index contributed by atoms with van der Waals surface area (Å²) in [5, 5.41) is 2.31. The lowest BCUT2D eigenvalue weighted by Gasteiger charge is -2.18. The van der Waals surface area contributed by atoms with Gasteiger partial charge in [0.05, 0.1) is 13.0 Å². The first-order valence-electron chi connectivity index (χ1n) is 8.53. The molecular formula is C22H23NO2. The van der Waals surface area contributed by atoms with E-state index in [0.29, 0.717) is 19.6 Å². The van der Waals surface area contributed by atoms with Gasteiger partial charge in [-0.1, -0.05) is 60.2 Å². The number of aryl methyl sites for hydroxylation is 1. The van der Waals surface area contributed by atoms with Gasteiger partial charge in [0, 0.05) is 7.05 Å². The molecule has 0 aliphatic rings. The molecule has 3 nitrogen and oxygen atoms in total. The third-order valence-electron chi connectivity index (χ3n) is 4.36. The molecule has 3 aromatic carbocycles. The smallest absolute Gasteiger partial charge is 0.226 e. The van der Waals surface area contributed by atoms with E-state index in [1.165, 1.54) is 5.56 Å². The summed E-state index contributed by atoms with van der Waals surface area (Å²) in [7, 11) is 1.83. The normalized spacial score (nSPS) is 10.6. The minimum atomic E-state index is 0.101. The maximum atomic E-state index is 12.5. The van der Waals surface area contributed by atoms with Gasteiger partial charge in [-0.15, -0.1) is 0 Å². The van der Waals surface area contributed by atoms with Crippen molar-refractivity contribution >= 4 is 16.7 Å². The highest BCUT2D eigenvalue weighted by Crippen LogP contribution is 2.19. The second-order valence-electron chi connectivity index (χ2n) is 6.29. The maximum absolute atomic E-state index is 12.5. The molecule has 0 N–H and O–H groups in total. The second-order valence-corrected chi connectivity index (χ2v) is 6.29. The van der Waals surface area contributed by atoms with Crippen molar-refractivity contribution in [3.63, 3.8) is 0 Å². The van der Waals surface area contributed by atoms with Crippen LogP contribution in [0, 0.1) is 6.92 Å². The van der Waals surface area contributed by atoms with E-state index >= 15 is 0 Å². The number of likely N-dealkylation sites (N-methyl/N-ethyl adjacent to an activating group) is 1. The van der Waals surface area contributed by atoms with Crippen LogP contribution in [0.25, 0.3) is 10.8 Å². The molecule has 3 rings (SSSR count). The molecule has 0 unspecified atom stereocenters. The molecule has 1 amide bonds. The number of hydrogen-bond donors (Lipinski definition) is 0. The lowest BCUT2D eigenvalue weighted by atomic mass is 10.0. The van der Waals surface area contributed by atoms with Crippen molar-refractivity contribution < 1.29 is 9.53 Å². The van der Waals surface area contributed by atoms with E-state index in [-0.39, 0.29) is 5.91 Å². The zero-order valence-electron chi connectivity index (χ0n) is 14.7. The Morgan fingerprint density at radius 3 is 2.48 bits per heavy atom. The summed E-state index contributed by atoms with van der Waals surface area (Å²) in [5.41, 5.74) is 2.27. The lowest BCUT2D eigenvalue weighted by Crippen LogP contribution is -2.32. The SMILES string of the molecule is Cc1ccc(OCCN(C)C(=O)Cc2cccc3ccccc23)cc1. The highest BCUT2D eigenvalue weighted by Gasteiger charge is 2.11. The molecule has 0 aliphatic heterocycles. The summed E-state index contributed by atoms with van der Waals surface area (Å²) in [6.45, 7) is 3.10. The van der Waals surface area contributed by atoms with Gasteiger partial charge in [0.1, 0.15) is 12.4 Å². The average Bonchev–Trinajstić information content (AvgIpc) is 2.63. The molecule has 128 valence electrons. The van der Waals surface area contributed by atoms with Gasteiger partial charge in [0.2, 0.25) is 5.91 Å². The van der Waals surface area contributed by atoms with Crippen LogP contribution in [0.5, 0.6) is 5.75 Å². The number of rotatable bonds is 6. The third-order valence-corrected chi connectivity index (χ3v) is 4.36. The van der Waals surface area contributed by atoms with Crippen molar-refractivity contribution in [1.29, 1.82) is 0 Å². The minimum Gasteiger partial charge on any atom is -0.492 e. The molecule has 0 spiro atoms. The number of fused-ring (bicyclic) bond motifs is 1. The van der Waals surface area contributed by atoms with Gasteiger partial charge in [-0.3, -0.25) is 4.79 Å². The standard InChI is InChI=1S/C22H23NO2/c1-17-10-12-20(13-11-17)25-15-14-23(2)22(24)16-19-8-5-7-18-6-3-4-9-21(18)19/h3-13H,14-16H2,1-2H3. The molecule has 0 heterocycles. The number of nitrogens with zero attached hydrogens (tertiary/aromatic N) is 1. The number of hydrogen-bond acceptors (Lipinski definition) is 2. The van der Waals surface area contributed by atoms with Gasteiger partial charge in [-0.2, -0.15) is 0 Å². The first-order valence-corrected chi connectivity index (χ1v) is 8.53. The molecule has 0 saturated heterocycles. The van der Waals surface area contributed by atoms with E-state index in [1.54, 1.807) is 4.90 Å². The largest absolute Gasteiger partial charge is 0.492 e. The number of amides is 1. The molecule has 0 aromatic heterocycles. The average molecular weight is 333 g/mol. The van der Waals surface area contributed by atoms with E-state index in [4.69, 9.17) is 4.74 Å². The summed E-state index contributed by atoms with van der Waals surface area (Å²) in [5.74, 6) is 0.935. The molecule has 0 aliphatic carbocycles. The van der Waals surface area contributed by atoms with E-state index in [2.05, 4.69) is 18.2 Å². The third kappa shape index (κ3) is 4.38. The Labute approximate surface area is 148 Å². The first-order chi connectivity index (χ1) is 12.1. The van der Waals surface area contributed by atoms with Crippen molar-refractivity contribution in [3.05, 3.63) is 77.9 Å². The van der Waals surface area contributed by atoms with Crippen LogP contribution < -0.4 is 4.74 Å². The van der Waals surface area contributed by atoms with Gasteiger partial charge in [0.15, 0.2) is 0 Å². The van der Waals surface area contributed by atoms with Gasteiger partial charge >= 0.3 is 0 Å². The molecule has 3 heteroatoms. The Morgan fingerprint density at radius 2 is 1.68 bits per heavy atom. The number of carbonyl (C=O) groups excluding carboxylic acids is 1. The van der Waals surface area contributed by atoms with Gasteiger partial charge in [-0.25, -0.2) is 0 Å². The Balaban J connectivity index is 1.56. The van der Waals surface area contributed by atoms with Crippen LogP contribution in [-0.4, -0.2) is 31.0 Å². The van der Waals surface area contributed by atoms with E-state index < -0.39 is 0 Å². The first kappa shape index (κ1) is 17.0. The van der Waals surface area contributed by atoms with Crippen LogP contribution in [0.1, 0.15) is 11.1 Å². The fourth-order valence-electron chi connectivity index (χ4n) is 2.80. The Bertz CT molecular complexity index is 850. The Morgan fingerprint density at radius 1 is 0.960 bits per heavy atom. The van der Waals surface area contributed by atoms with Crippen molar-refractivity contribution in [1.82, 2.24) is 4.90 Å². The number of benzene rings is 3. The zero-order chi connectivity index (χ0) is 17.6. The Hall–Kier alpha value is -2.81. The predicted molar refractivity (Wildman–Crippen MR) is 102 cm³/mol. The number of carbonyl (C=O) groups is 1. The van der Waals surface area contributed by atoms with Crippen LogP contribution in [-0.2, 0) is 11.2 Å². The molecule has 25 heavy (non-hydrogen) atoms. The molecule has 3 aromatic rings. The molecule has 0 bridgehead atoms. The van der Waals surface area contributed by atoms with Gasteiger partial charge in [-0.05, 0) is 35.4 Å². The van der Waals surface area contributed by atoms with Gasteiger partial charge < -0.3 is 9.64 Å². The topological polar surface area (TPSA) is 29.5 Å². The summed E-state index contributed by atoms with van der Waals surface area (Å²) in [6.07, 6.45) is 0.405. The fourth-order valence-corrected chi connectivity index (χ4v) is 2.80. The zero-order valence-corrected chi connectivity index (χ0v) is 14.7. The molecule has 0 saturated carbocycles. The van der Waals surface area contributed by atoms with Crippen molar-refractivity contribution in [3.8, 4) is 5.75 Å². The van der Waals surface area contributed by atoms with Crippen LogP contribution in [0.15, 0.2) is 66.7 Å². The maximum Gasteiger partial charge on any atom is 0.226 e. The van der Waals surface area contributed by atoms with Crippen LogP contribution in [0.4, 0.5) is 0 Å². The van der Waals surface area contributed by atoms with Crippen molar-refractivity contribution in [2.75, 3.05) is 20.2 Å². The van der Waals surface area contributed by atoms with Crippen molar-refractivity contribution in [2.24, 2.45) is 0 Å². The van der Waals surface area contributed by atoms with Gasteiger partial charge in [0.25, 0.3) is 0 Å². The summed E-state index contributed by atoms with van der Waals surface area (Å²) in [4.78, 5) is 14.2. The lowest BCUT2D eigenvalue weighted by molar-refractivity contribution is -0.129. The van der Waals surface area contributed by atoms with E-state index in [1.807, 2.05) is 62.5 Å². The minimum absolute atomic E-state index is 0.101. The summed E-state index contributed by atoms with van der Waals surface area (Å²) in [6, 6.07) is 22.2. The predicted octanol–water partition coefficient (Wildman–Crippen LogP) is 4.23. The quantitative estimate of drug-likeness (QED) is 0.676. The monoisotopic (exact) mass is 333 g/mol. The molecule has 0 fully saturated rings. The van der Waals surface area contributed by atoms with Crippen LogP contribution in [0.2, 0.25) is 0 Å². The fraction of sp³-hybridized carbons (Fsp3) is 0.227. The summed E-state index contributed by atoms with van der Waals surface area (Å²) < 4.78 is 5.71. The molecule has 0 atom stereocenters. The van der Waals surface area contributed by atoms with Crippen molar-refractivity contribution in [2.45, 2.75) is 13.3 Å². The summed E-state index contributed by atoms with van der Waals surface area (Å²) >= 11 is 0. The second kappa shape index (κ2) is 7.84. The highest BCUT2D eigenvalue weighted by atomic mass is 16.5. The van der Waals surface area contributed by atoms with Crippen LogP contribution >= 0.6 is 0 Å². The van der Waals surface area contributed by atoms with E-state index in [0.717, 1.165) is 22.1 Å². The molecule has 0 radical (unpaired) electrons.